The van der Waals surface area contributed by atoms with Crippen LogP contribution in [0.15, 0.2) is 11.6 Å². The van der Waals surface area contributed by atoms with Crippen molar-refractivity contribution >= 4 is 5.78 Å². The summed E-state index contributed by atoms with van der Waals surface area (Å²) in [5, 5.41) is 0. The van der Waals surface area contributed by atoms with E-state index in [-0.39, 0.29) is 5.41 Å². The summed E-state index contributed by atoms with van der Waals surface area (Å²) in [4.78, 5) is 11.6. The van der Waals surface area contributed by atoms with Gasteiger partial charge in [-0.15, -0.1) is 0 Å². The number of allylic oxidation sites excluding steroid dienone is 2. The molecule has 1 unspecified atom stereocenters. The van der Waals surface area contributed by atoms with Crippen LogP contribution in [0.25, 0.3) is 0 Å². The first-order valence-electron chi connectivity index (χ1n) is 6.39. The van der Waals surface area contributed by atoms with Crippen molar-refractivity contribution in [2.45, 2.75) is 58.5 Å². The summed E-state index contributed by atoms with van der Waals surface area (Å²) in [5.41, 5.74) is 1.49. The van der Waals surface area contributed by atoms with Crippen molar-refractivity contribution in [3.05, 3.63) is 11.6 Å². The Morgan fingerprint density at radius 2 is 2.25 bits per heavy atom. The molecule has 2 heteroatoms. The van der Waals surface area contributed by atoms with Gasteiger partial charge in [-0.2, -0.15) is 0 Å². The summed E-state index contributed by atoms with van der Waals surface area (Å²) in [6.45, 7) is 5.29. The molecule has 0 radical (unpaired) electrons. The van der Waals surface area contributed by atoms with Crippen LogP contribution in [0.5, 0.6) is 0 Å². The summed E-state index contributed by atoms with van der Waals surface area (Å²) >= 11 is 0. The van der Waals surface area contributed by atoms with Gasteiger partial charge in [-0.3, -0.25) is 4.79 Å². The van der Waals surface area contributed by atoms with E-state index in [1.54, 1.807) is 0 Å². The van der Waals surface area contributed by atoms with Crippen molar-refractivity contribution < 1.29 is 9.53 Å². The predicted octanol–water partition coefficient (Wildman–Crippen LogP) is 3.26. The van der Waals surface area contributed by atoms with Crippen molar-refractivity contribution in [3.63, 3.8) is 0 Å². The molecule has 0 saturated carbocycles. The van der Waals surface area contributed by atoms with E-state index >= 15 is 0 Å². The van der Waals surface area contributed by atoms with Gasteiger partial charge in [0.05, 0.1) is 6.10 Å². The van der Waals surface area contributed by atoms with Crippen molar-refractivity contribution in [2.24, 2.45) is 5.41 Å². The topological polar surface area (TPSA) is 26.3 Å². The summed E-state index contributed by atoms with van der Waals surface area (Å²) in [6.07, 6.45) is 8.64. The molecule has 1 fully saturated rings. The molecule has 2 aliphatic rings. The van der Waals surface area contributed by atoms with Crippen LogP contribution in [-0.4, -0.2) is 18.5 Å². The van der Waals surface area contributed by atoms with Crippen LogP contribution in [0.1, 0.15) is 52.4 Å². The number of carbonyl (C=O) groups is 1. The predicted molar refractivity (Wildman–Crippen MR) is 64.3 cm³/mol. The first-order chi connectivity index (χ1) is 7.55. The molecule has 0 amide bonds. The number of ether oxygens (including phenoxy) is 1. The minimum atomic E-state index is 0.164. The molecular formula is C14H22O2. The van der Waals surface area contributed by atoms with Crippen LogP contribution >= 0.6 is 0 Å². The Morgan fingerprint density at radius 1 is 1.44 bits per heavy atom. The Balaban J connectivity index is 1.86. The Hall–Kier alpha value is -0.630. The molecule has 1 heterocycles. The molecule has 90 valence electrons. The Labute approximate surface area is 98.1 Å². The molecule has 2 rings (SSSR count). The third-order valence-corrected chi connectivity index (χ3v) is 3.53. The summed E-state index contributed by atoms with van der Waals surface area (Å²) in [6, 6.07) is 0. The fraction of sp³-hybridized carbons (Fsp3) is 0.786. The number of hydrogen-bond donors (Lipinski definition) is 0. The highest BCUT2D eigenvalue weighted by Gasteiger charge is 2.27. The maximum Gasteiger partial charge on any atom is 0.156 e. The van der Waals surface area contributed by atoms with Crippen LogP contribution in [0.4, 0.5) is 0 Å². The van der Waals surface area contributed by atoms with Crippen molar-refractivity contribution in [3.8, 4) is 0 Å². The van der Waals surface area contributed by atoms with E-state index in [4.69, 9.17) is 4.74 Å². The van der Waals surface area contributed by atoms with Gasteiger partial charge >= 0.3 is 0 Å². The third kappa shape index (κ3) is 3.18. The van der Waals surface area contributed by atoms with Gasteiger partial charge in [0, 0.05) is 13.0 Å². The van der Waals surface area contributed by atoms with Crippen LogP contribution in [0.3, 0.4) is 0 Å². The number of rotatable bonds is 3. The van der Waals surface area contributed by atoms with Crippen LogP contribution in [0.2, 0.25) is 0 Å². The second-order valence-electron chi connectivity index (χ2n) is 5.96. The van der Waals surface area contributed by atoms with Crippen molar-refractivity contribution in [1.29, 1.82) is 0 Å². The zero-order chi connectivity index (χ0) is 11.6. The lowest BCUT2D eigenvalue weighted by molar-refractivity contribution is -0.117. The third-order valence-electron chi connectivity index (χ3n) is 3.53. The summed E-state index contributed by atoms with van der Waals surface area (Å²) in [5.74, 6) is 0.304. The quantitative estimate of drug-likeness (QED) is 0.732. The molecule has 0 N–H and O–H groups in total. The normalized spacial score (nSPS) is 29.2. The Bertz CT molecular complexity index is 296. The molecule has 0 bridgehead atoms. The van der Waals surface area contributed by atoms with E-state index < -0.39 is 0 Å². The molecule has 0 aromatic heterocycles. The van der Waals surface area contributed by atoms with Crippen molar-refractivity contribution in [2.75, 3.05) is 6.61 Å². The molecule has 1 aliphatic heterocycles. The lowest BCUT2D eigenvalue weighted by Gasteiger charge is -2.29. The van der Waals surface area contributed by atoms with Gasteiger partial charge in [-0.05, 0) is 43.6 Å². The fourth-order valence-corrected chi connectivity index (χ4v) is 2.86. The molecule has 0 spiro atoms. The minimum absolute atomic E-state index is 0.164. The second-order valence-corrected chi connectivity index (χ2v) is 5.96. The van der Waals surface area contributed by atoms with Gasteiger partial charge in [0.2, 0.25) is 0 Å². The highest BCUT2D eigenvalue weighted by molar-refractivity contribution is 5.91. The highest BCUT2D eigenvalue weighted by Crippen LogP contribution is 2.35. The molecule has 1 saturated heterocycles. The van der Waals surface area contributed by atoms with Crippen LogP contribution in [-0.2, 0) is 9.53 Å². The van der Waals surface area contributed by atoms with Gasteiger partial charge < -0.3 is 4.74 Å². The molecule has 0 aromatic carbocycles. The minimum Gasteiger partial charge on any atom is -0.378 e. The zero-order valence-corrected chi connectivity index (χ0v) is 10.4. The average molecular weight is 222 g/mol. The summed E-state index contributed by atoms with van der Waals surface area (Å²) in [7, 11) is 0. The molecule has 2 nitrogen and oxygen atoms in total. The van der Waals surface area contributed by atoms with Gasteiger partial charge in [0.15, 0.2) is 5.78 Å². The maximum absolute atomic E-state index is 11.6. The van der Waals surface area contributed by atoms with Gasteiger partial charge in [0.1, 0.15) is 0 Å². The summed E-state index contributed by atoms with van der Waals surface area (Å²) < 4.78 is 5.61. The average Bonchev–Trinajstić information content (AvgIpc) is 2.63. The Morgan fingerprint density at radius 3 is 2.88 bits per heavy atom. The standard InChI is InChI=1S/C14H22O2/c1-14(2)9-11(8-12(15)10-14)5-6-13-4-3-7-16-13/h8,13H,3-7,9-10H2,1-2H3. The van der Waals surface area contributed by atoms with Gasteiger partial charge in [-0.25, -0.2) is 0 Å². The molecule has 0 aromatic rings. The van der Waals surface area contributed by atoms with Gasteiger partial charge in [0.25, 0.3) is 0 Å². The van der Waals surface area contributed by atoms with Crippen LogP contribution in [0, 0.1) is 5.41 Å². The molecule has 1 atom stereocenters. The SMILES string of the molecule is CC1(C)CC(=O)C=C(CCC2CCCO2)C1. The molecule has 1 aliphatic carbocycles. The van der Waals surface area contributed by atoms with Crippen molar-refractivity contribution in [1.82, 2.24) is 0 Å². The Kier molecular flexibility index (Phi) is 3.48. The first kappa shape index (κ1) is 11.8. The molecular weight excluding hydrogens is 200 g/mol. The largest absolute Gasteiger partial charge is 0.378 e. The van der Waals surface area contributed by atoms with Gasteiger partial charge in [-0.1, -0.05) is 19.4 Å². The number of hydrogen-bond acceptors (Lipinski definition) is 2. The fourth-order valence-electron chi connectivity index (χ4n) is 2.86. The van der Waals surface area contributed by atoms with E-state index in [2.05, 4.69) is 13.8 Å². The van der Waals surface area contributed by atoms with E-state index in [9.17, 15) is 4.79 Å². The van der Waals surface area contributed by atoms with E-state index in [1.807, 2.05) is 6.08 Å². The smallest absolute Gasteiger partial charge is 0.156 e. The van der Waals surface area contributed by atoms with Crippen LogP contribution < -0.4 is 0 Å². The van der Waals surface area contributed by atoms with E-state index in [0.29, 0.717) is 18.3 Å². The lowest BCUT2D eigenvalue weighted by atomic mass is 9.75. The lowest BCUT2D eigenvalue weighted by Crippen LogP contribution is -2.22. The highest BCUT2D eigenvalue weighted by atomic mass is 16.5. The number of ketones is 1. The number of carbonyl (C=O) groups excluding carboxylic acids is 1. The first-order valence-corrected chi connectivity index (χ1v) is 6.39. The van der Waals surface area contributed by atoms with E-state index in [1.165, 1.54) is 18.4 Å². The second kappa shape index (κ2) is 4.70. The zero-order valence-electron chi connectivity index (χ0n) is 10.4. The maximum atomic E-state index is 11.6. The molecule has 16 heavy (non-hydrogen) atoms. The monoisotopic (exact) mass is 222 g/mol. The van der Waals surface area contributed by atoms with E-state index in [0.717, 1.165) is 25.9 Å².